The fourth-order valence-electron chi connectivity index (χ4n) is 3.59. The molecule has 0 aromatic heterocycles. The maximum absolute atomic E-state index is 13.7. The lowest BCUT2D eigenvalue weighted by Gasteiger charge is -2.29. The minimum Gasteiger partial charge on any atom is -0.493 e. The summed E-state index contributed by atoms with van der Waals surface area (Å²) in [6.45, 7) is 0.0768. The van der Waals surface area contributed by atoms with E-state index in [2.05, 4.69) is 0 Å². The Kier molecular flexibility index (Phi) is 6.50. The molecule has 0 saturated carbocycles. The third-order valence-electron chi connectivity index (χ3n) is 5.06. The van der Waals surface area contributed by atoms with Gasteiger partial charge in [0.2, 0.25) is 5.75 Å². The topological polar surface area (TPSA) is 82.1 Å². The van der Waals surface area contributed by atoms with Crippen molar-refractivity contribution in [1.82, 2.24) is 4.90 Å². The van der Waals surface area contributed by atoms with Crippen LogP contribution in [0.3, 0.4) is 0 Å². The number of methoxy groups -OCH3 is 3. The van der Waals surface area contributed by atoms with Crippen LogP contribution >= 0.6 is 0 Å². The number of amides is 1. The van der Waals surface area contributed by atoms with Gasteiger partial charge in [0, 0.05) is 18.2 Å². The first kappa shape index (κ1) is 21.9. The largest absolute Gasteiger partial charge is 0.493 e. The predicted molar refractivity (Wildman–Crippen MR) is 109 cm³/mol. The number of sulfone groups is 1. The summed E-state index contributed by atoms with van der Waals surface area (Å²) in [5.74, 6) is 0.0251. The van der Waals surface area contributed by atoms with Crippen molar-refractivity contribution in [3.8, 4) is 17.2 Å². The normalized spacial score (nSPS) is 17.4. The molecule has 9 heteroatoms. The Morgan fingerprint density at radius 3 is 2.27 bits per heavy atom. The first-order chi connectivity index (χ1) is 14.3. The molecule has 1 aliphatic rings. The van der Waals surface area contributed by atoms with E-state index >= 15 is 0 Å². The maximum atomic E-state index is 13.7. The van der Waals surface area contributed by atoms with Gasteiger partial charge in [-0.3, -0.25) is 4.79 Å². The third-order valence-corrected chi connectivity index (χ3v) is 6.81. The second kappa shape index (κ2) is 8.91. The monoisotopic (exact) mass is 437 g/mol. The molecule has 162 valence electrons. The summed E-state index contributed by atoms with van der Waals surface area (Å²) < 4.78 is 53.7. The summed E-state index contributed by atoms with van der Waals surface area (Å²) in [6, 6.07) is 8.43. The number of ether oxygens (including phenoxy) is 3. The number of hydrogen-bond acceptors (Lipinski definition) is 6. The molecule has 0 N–H and O–H groups in total. The molecule has 3 rings (SSSR count). The van der Waals surface area contributed by atoms with Gasteiger partial charge < -0.3 is 19.1 Å². The standard InChI is InChI=1S/C21H24FNO6S/c1-27-18-10-15(11-19(28-2)20(18)29-3)21(24)23(17-7-8-30(25,26)13-17)12-14-5-4-6-16(22)9-14/h4-6,9-11,17H,7-8,12-13H2,1-3H3/t17-/m1/s1. The molecule has 30 heavy (non-hydrogen) atoms. The average molecular weight is 437 g/mol. The van der Waals surface area contributed by atoms with Gasteiger partial charge in [-0.15, -0.1) is 0 Å². The molecule has 0 spiro atoms. The zero-order chi connectivity index (χ0) is 21.9. The molecule has 1 amide bonds. The lowest BCUT2D eigenvalue weighted by molar-refractivity contribution is 0.0680. The Labute approximate surface area is 175 Å². The summed E-state index contributed by atoms with van der Waals surface area (Å²) in [6.07, 6.45) is 0.327. The molecule has 1 saturated heterocycles. The maximum Gasteiger partial charge on any atom is 0.254 e. The van der Waals surface area contributed by atoms with E-state index in [0.29, 0.717) is 29.2 Å². The van der Waals surface area contributed by atoms with Gasteiger partial charge >= 0.3 is 0 Å². The summed E-state index contributed by atoms with van der Waals surface area (Å²) in [5.41, 5.74) is 0.824. The summed E-state index contributed by atoms with van der Waals surface area (Å²) >= 11 is 0. The van der Waals surface area contributed by atoms with Gasteiger partial charge in [0.25, 0.3) is 5.91 Å². The van der Waals surface area contributed by atoms with Crippen LogP contribution in [0.25, 0.3) is 0 Å². The molecule has 0 bridgehead atoms. The Bertz CT molecular complexity index is 1010. The van der Waals surface area contributed by atoms with E-state index in [0.717, 1.165) is 0 Å². The predicted octanol–water partition coefficient (Wildman–Crippen LogP) is 2.68. The summed E-state index contributed by atoms with van der Waals surface area (Å²) in [7, 11) is 1.12. The van der Waals surface area contributed by atoms with Gasteiger partial charge in [-0.05, 0) is 36.2 Å². The van der Waals surface area contributed by atoms with Crippen molar-refractivity contribution in [3.05, 3.63) is 53.3 Å². The molecule has 2 aromatic carbocycles. The Morgan fingerprint density at radius 1 is 1.10 bits per heavy atom. The molecule has 1 atom stereocenters. The molecule has 1 heterocycles. The van der Waals surface area contributed by atoms with E-state index in [4.69, 9.17) is 14.2 Å². The van der Waals surface area contributed by atoms with Gasteiger partial charge in [0.15, 0.2) is 21.3 Å². The van der Waals surface area contributed by atoms with Crippen LogP contribution in [0.1, 0.15) is 22.3 Å². The minimum absolute atomic E-state index is 0.0137. The van der Waals surface area contributed by atoms with Crippen LogP contribution in [0.5, 0.6) is 17.2 Å². The molecule has 7 nitrogen and oxygen atoms in total. The van der Waals surface area contributed by atoms with Crippen molar-refractivity contribution in [1.29, 1.82) is 0 Å². The number of nitrogens with zero attached hydrogens (tertiary/aromatic N) is 1. The zero-order valence-corrected chi connectivity index (χ0v) is 17.9. The van der Waals surface area contributed by atoms with Crippen LogP contribution in [-0.2, 0) is 16.4 Å². The van der Waals surface area contributed by atoms with E-state index in [1.807, 2.05) is 0 Å². The van der Waals surface area contributed by atoms with Crippen LogP contribution < -0.4 is 14.2 Å². The second-order valence-electron chi connectivity index (χ2n) is 7.03. The van der Waals surface area contributed by atoms with Crippen LogP contribution in [0.15, 0.2) is 36.4 Å². The van der Waals surface area contributed by atoms with Crippen LogP contribution in [0.2, 0.25) is 0 Å². The highest BCUT2D eigenvalue weighted by Gasteiger charge is 2.35. The highest BCUT2D eigenvalue weighted by atomic mass is 32.2. The van der Waals surface area contributed by atoms with E-state index in [-0.39, 0.29) is 23.6 Å². The number of carbonyl (C=O) groups is 1. The third kappa shape index (κ3) is 4.67. The lowest BCUT2D eigenvalue weighted by Crippen LogP contribution is -2.40. The summed E-state index contributed by atoms with van der Waals surface area (Å²) in [5, 5.41) is 0. The van der Waals surface area contributed by atoms with Gasteiger partial charge in [0.1, 0.15) is 5.82 Å². The van der Waals surface area contributed by atoms with Gasteiger partial charge in [0.05, 0.1) is 32.8 Å². The highest BCUT2D eigenvalue weighted by molar-refractivity contribution is 7.91. The quantitative estimate of drug-likeness (QED) is 0.663. The van der Waals surface area contributed by atoms with Crippen molar-refractivity contribution in [2.24, 2.45) is 0 Å². The number of hydrogen-bond donors (Lipinski definition) is 0. The van der Waals surface area contributed by atoms with Crippen molar-refractivity contribution in [2.75, 3.05) is 32.8 Å². The van der Waals surface area contributed by atoms with E-state index in [1.165, 1.54) is 50.5 Å². The van der Waals surface area contributed by atoms with E-state index in [1.54, 1.807) is 12.1 Å². The first-order valence-electron chi connectivity index (χ1n) is 9.34. The highest BCUT2D eigenvalue weighted by Crippen LogP contribution is 2.39. The molecule has 0 unspecified atom stereocenters. The van der Waals surface area contributed by atoms with Crippen molar-refractivity contribution < 1.29 is 31.8 Å². The first-order valence-corrected chi connectivity index (χ1v) is 11.2. The molecular formula is C21H24FNO6S. The number of rotatable bonds is 7. The van der Waals surface area contributed by atoms with E-state index < -0.39 is 27.6 Å². The van der Waals surface area contributed by atoms with Crippen LogP contribution in [0, 0.1) is 5.82 Å². The molecule has 0 aliphatic carbocycles. The van der Waals surface area contributed by atoms with Crippen molar-refractivity contribution in [3.63, 3.8) is 0 Å². The Balaban J connectivity index is 2.01. The number of carbonyl (C=O) groups excluding carboxylic acids is 1. The Morgan fingerprint density at radius 2 is 1.77 bits per heavy atom. The van der Waals surface area contributed by atoms with Crippen molar-refractivity contribution >= 4 is 15.7 Å². The molecule has 1 aliphatic heterocycles. The van der Waals surface area contributed by atoms with Crippen LogP contribution in [0.4, 0.5) is 4.39 Å². The van der Waals surface area contributed by atoms with Gasteiger partial charge in [-0.25, -0.2) is 12.8 Å². The second-order valence-corrected chi connectivity index (χ2v) is 9.26. The fourth-order valence-corrected chi connectivity index (χ4v) is 5.32. The van der Waals surface area contributed by atoms with Gasteiger partial charge in [-0.2, -0.15) is 0 Å². The molecule has 0 radical (unpaired) electrons. The SMILES string of the molecule is COc1cc(C(=O)N(Cc2cccc(F)c2)[C@@H]2CCS(=O)(=O)C2)cc(OC)c1OC. The molecule has 2 aromatic rings. The Hall–Kier alpha value is -2.81. The molecule has 1 fully saturated rings. The molecular weight excluding hydrogens is 413 g/mol. The van der Waals surface area contributed by atoms with Crippen molar-refractivity contribution in [2.45, 2.75) is 19.0 Å². The lowest BCUT2D eigenvalue weighted by atomic mass is 10.1. The number of halogens is 1. The fraction of sp³-hybridized carbons (Fsp3) is 0.381. The van der Waals surface area contributed by atoms with Crippen LogP contribution in [-0.4, -0.2) is 58.1 Å². The number of benzene rings is 2. The minimum atomic E-state index is -3.23. The van der Waals surface area contributed by atoms with Gasteiger partial charge in [-0.1, -0.05) is 12.1 Å². The van der Waals surface area contributed by atoms with E-state index in [9.17, 15) is 17.6 Å². The summed E-state index contributed by atoms with van der Waals surface area (Å²) in [4.78, 5) is 14.9. The smallest absolute Gasteiger partial charge is 0.254 e. The zero-order valence-electron chi connectivity index (χ0n) is 17.1. The average Bonchev–Trinajstić information content (AvgIpc) is 3.09.